The van der Waals surface area contributed by atoms with E-state index in [4.69, 9.17) is 0 Å². The van der Waals surface area contributed by atoms with Crippen molar-refractivity contribution < 1.29 is 0 Å². The first kappa shape index (κ1) is 4.89. The second-order valence-electron chi connectivity index (χ2n) is 6.23. The standard InChI is InChI=1S/C11H14/c1-10-6-4-3-5(7(6)10)9-8(4)11(9,10)2/h4-9H,3H2,1-2H3/t4?,5?,6-,7+,8-,9+,10?,11?. The average Bonchev–Trinajstić information content (AvgIpc) is 2.66. The quantitative estimate of drug-likeness (QED) is 0.491. The van der Waals surface area contributed by atoms with Gasteiger partial charge < -0.3 is 0 Å². The van der Waals surface area contributed by atoms with Crippen molar-refractivity contribution in [1.29, 1.82) is 0 Å². The van der Waals surface area contributed by atoms with E-state index >= 15 is 0 Å². The maximum Gasteiger partial charge on any atom is -0.0198 e. The summed E-state index contributed by atoms with van der Waals surface area (Å²) in [5.74, 6) is 7.37. The van der Waals surface area contributed by atoms with Crippen molar-refractivity contribution in [2.45, 2.75) is 20.3 Å². The molecule has 58 valence electrons. The van der Waals surface area contributed by atoms with E-state index in [1.807, 2.05) is 0 Å². The van der Waals surface area contributed by atoms with Gasteiger partial charge >= 0.3 is 0 Å². The van der Waals surface area contributed by atoms with Crippen molar-refractivity contribution in [3.63, 3.8) is 0 Å². The van der Waals surface area contributed by atoms with E-state index in [9.17, 15) is 0 Å². The molecule has 6 saturated carbocycles. The number of hydrogen-bond acceptors (Lipinski definition) is 0. The van der Waals surface area contributed by atoms with Crippen LogP contribution < -0.4 is 0 Å². The van der Waals surface area contributed by atoms with Gasteiger partial charge in [-0.3, -0.25) is 0 Å². The largest absolute Gasteiger partial charge is 0.0585 e. The van der Waals surface area contributed by atoms with Crippen LogP contribution in [0.4, 0.5) is 0 Å². The lowest BCUT2D eigenvalue weighted by Crippen LogP contribution is -2.09. The molecule has 0 spiro atoms. The number of rotatable bonds is 0. The minimum absolute atomic E-state index is 0.885. The highest BCUT2D eigenvalue weighted by Crippen LogP contribution is 3.04. The van der Waals surface area contributed by atoms with E-state index in [-0.39, 0.29) is 0 Å². The second-order valence-corrected chi connectivity index (χ2v) is 6.23. The van der Waals surface area contributed by atoms with Crippen LogP contribution >= 0.6 is 0 Å². The van der Waals surface area contributed by atoms with Crippen molar-refractivity contribution in [1.82, 2.24) is 0 Å². The smallest absolute Gasteiger partial charge is 0.0198 e. The summed E-state index contributed by atoms with van der Waals surface area (Å²) >= 11 is 0. The third-order valence-electron chi connectivity index (χ3n) is 6.88. The van der Waals surface area contributed by atoms with Crippen molar-refractivity contribution in [2.24, 2.45) is 46.3 Å². The monoisotopic (exact) mass is 146 g/mol. The van der Waals surface area contributed by atoms with Crippen LogP contribution in [0.25, 0.3) is 0 Å². The van der Waals surface area contributed by atoms with E-state index < -0.39 is 0 Å². The Kier molecular flexibility index (Phi) is 0.375. The van der Waals surface area contributed by atoms with Gasteiger partial charge in [0.2, 0.25) is 0 Å². The van der Waals surface area contributed by atoms with Crippen LogP contribution in [-0.2, 0) is 0 Å². The molecule has 0 aliphatic heterocycles. The molecule has 0 radical (unpaired) electrons. The summed E-state index contributed by atoms with van der Waals surface area (Å²) in [6.45, 7) is 5.21. The first-order valence-electron chi connectivity index (χ1n) is 5.22. The molecule has 6 fully saturated rings. The molecule has 6 rings (SSSR count). The van der Waals surface area contributed by atoms with E-state index in [1.165, 1.54) is 35.5 Å². The minimum atomic E-state index is 0.885. The lowest BCUT2D eigenvalue weighted by Gasteiger charge is -2.14. The maximum atomic E-state index is 2.61. The Morgan fingerprint density at radius 3 is 1.36 bits per heavy atom. The highest BCUT2D eigenvalue weighted by Gasteiger charge is 3.00. The Morgan fingerprint density at radius 2 is 1.18 bits per heavy atom. The number of hydrogen-bond donors (Lipinski definition) is 0. The van der Waals surface area contributed by atoms with E-state index in [0.717, 1.165) is 10.8 Å². The van der Waals surface area contributed by atoms with E-state index in [2.05, 4.69) is 13.8 Å². The van der Waals surface area contributed by atoms with E-state index in [0.29, 0.717) is 0 Å². The fraction of sp³-hybridized carbons (Fsp3) is 1.00. The molecule has 0 heterocycles. The Bertz CT molecular complexity index is 240. The molecule has 0 aromatic carbocycles. The zero-order valence-electron chi connectivity index (χ0n) is 7.17. The molecule has 6 aliphatic rings. The van der Waals surface area contributed by atoms with Gasteiger partial charge in [-0.1, -0.05) is 13.8 Å². The summed E-state index contributed by atoms with van der Waals surface area (Å²) < 4.78 is 0. The van der Waals surface area contributed by atoms with Crippen LogP contribution in [0.3, 0.4) is 0 Å². The predicted octanol–water partition coefficient (Wildman–Crippen LogP) is 2.15. The van der Waals surface area contributed by atoms with Crippen LogP contribution in [0.1, 0.15) is 20.3 Å². The van der Waals surface area contributed by atoms with Crippen molar-refractivity contribution >= 4 is 0 Å². The first-order valence-corrected chi connectivity index (χ1v) is 5.22. The molecule has 0 heteroatoms. The zero-order chi connectivity index (χ0) is 7.17. The molecule has 0 nitrogen and oxygen atoms in total. The molecule has 6 atom stereocenters. The zero-order valence-corrected chi connectivity index (χ0v) is 7.17. The first-order chi connectivity index (χ1) is 5.22. The molecule has 11 heavy (non-hydrogen) atoms. The summed E-state index contributed by atoms with van der Waals surface area (Å²) in [6.07, 6.45) is 1.65. The molecule has 2 unspecified atom stereocenters. The van der Waals surface area contributed by atoms with Crippen molar-refractivity contribution in [2.75, 3.05) is 0 Å². The third kappa shape index (κ3) is 0.197. The molecule has 2 bridgehead atoms. The topological polar surface area (TPSA) is 0 Å². The lowest BCUT2D eigenvalue weighted by molar-refractivity contribution is 0.330. The molecule has 0 N–H and O–H groups in total. The molecule has 6 aliphatic carbocycles. The molecule has 0 aromatic rings. The molecule has 0 saturated heterocycles. The van der Waals surface area contributed by atoms with Gasteiger partial charge in [-0.25, -0.2) is 0 Å². The van der Waals surface area contributed by atoms with Crippen LogP contribution in [0.2, 0.25) is 0 Å². The van der Waals surface area contributed by atoms with Crippen molar-refractivity contribution in [3.8, 4) is 0 Å². The fourth-order valence-corrected chi connectivity index (χ4v) is 6.79. The van der Waals surface area contributed by atoms with Gasteiger partial charge in [0.15, 0.2) is 0 Å². The highest BCUT2D eigenvalue weighted by molar-refractivity contribution is 5.47. The summed E-state index contributed by atoms with van der Waals surface area (Å²) in [6, 6.07) is 0. The highest BCUT2D eigenvalue weighted by atomic mass is 15.0. The molecular formula is C11H14. The Balaban J connectivity index is 1.96. The average molecular weight is 146 g/mol. The van der Waals surface area contributed by atoms with Crippen LogP contribution in [0.15, 0.2) is 0 Å². The second kappa shape index (κ2) is 0.843. The van der Waals surface area contributed by atoms with Gasteiger partial charge in [0, 0.05) is 0 Å². The Hall–Kier alpha value is 0. The maximum absolute atomic E-state index is 2.61. The summed E-state index contributed by atoms with van der Waals surface area (Å²) in [5.41, 5.74) is 1.77. The SMILES string of the molecule is CC12[C@@H]3C4CC([C@@H]31)[C@H]1[C@@H]4C12C. The summed E-state index contributed by atoms with van der Waals surface area (Å²) in [5, 5.41) is 0. The van der Waals surface area contributed by atoms with Gasteiger partial charge in [0.25, 0.3) is 0 Å². The third-order valence-corrected chi connectivity index (χ3v) is 6.88. The van der Waals surface area contributed by atoms with Gasteiger partial charge in [0.05, 0.1) is 0 Å². The predicted molar refractivity (Wildman–Crippen MR) is 41.8 cm³/mol. The lowest BCUT2D eigenvalue weighted by atomic mass is 9.90. The minimum Gasteiger partial charge on any atom is -0.0585 e. The van der Waals surface area contributed by atoms with Crippen LogP contribution in [0.5, 0.6) is 0 Å². The van der Waals surface area contributed by atoms with Gasteiger partial charge in [0.1, 0.15) is 0 Å². The normalized spacial score (nSPS) is 96.5. The Morgan fingerprint density at radius 1 is 0.818 bits per heavy atom. The van der Waals surface area contributed by atoms with Gasteiger partial charge in [-0.05, 0) is 52.8 Å². The molecular weight excluding hydrogens is 132 g/mol. The summed E-state index contributed by atoms with van der Waals surface area (Å²) in [4.78, 5) is 0. The fourth-order valence-electron chi connectivity index (χ4n) is 6.79. The molecule has 0 aromatic heterocycles. The van der Waals surface area contributed by atoms with Crippen molar-refractivity contribution in [3.05, 3.63) is 0 Å². The summed E-state index contributed by atoms with van der Waals surface area (Å²) in [7, 11) is 0. The van der Waals surface area contributed by atoms with Gasteiger partial charge in [-0.2, -0.15) is 0 Å². The van der Waals surface area contributed by atoms with Crippen LogP contribution in [0, 0.1) is 46.3 Å². The van der Waals surface area contributed by atoms with Crippen LogP contribution in [-0.4, -0.2) is 0 Å². The van der Waals surface area contributed by atoms with E-state index in [1.54, 1.807) is 6.42 Å². The van der Waals surface area contributed by atoms with Gasteiger partial charge in [-0.15, -0.1) is 0 Å². The Labute approximate surface area is 67.4 Å². The molecule has 0 amide bonds.